The van der Waals surface area contributed by atoms with Gasteiger partial charge in [0.2, 0.25) is 0 Å². The fourth-order valence-electron chi connectivity index (χ4n) is 6.00. The van der Waals surface area contributed by atoms with Gasteiger partial charge in [-0.25, -0.2) is 4.79 Å². The number of piperidine rings is 1. The van der Waals surface area contributed by atoms with Gasteiger partial charge in [-0.2, -0.15) is 0 Å². The van der Waals surface area contributed by atoms with Crippen LogP contribution in [0.4, 0.5) is 4.79 Å². The summed E-state index contributed by atoms with van der Waals surface area (Å²) in [5.74, 6) is -0.280. The van der Waals surface area contributed by atoms with Crippen molar-refractivity contribution in [3.05, 3.63) is 71.8 Å². The summed E-state index contributed by atoms with van der Waals surface area (Å²) in [7, 11) is 0. The van der Waals surface area contributed by atoms with E-state index in [1.807, 2.05) is 67.6 Å². The third kappa shape index (κ3) is 7.63. The standard InChI is InChI=1S/C30H41N3O4.Li.H/c1-22(30(37,25-10-4-2-5-11-25)26-12-6-3-7-13-26)31-29(36)32-27-16-14-23(15-17-27)18-20-33-19-8-9-24(21-33)28(34)35;;/h2-7,10-13,22-24,27,37H,8-9,14-21H2,1H3,(H,34,35)(H2,31,32,36);;/q;+1;-1/t22-,23?,24?,27?;;/m0../s1. The molecule has 7 nitrogen and oxygen atoms in total. The van der Waals surface area contributed by atoms with Crippen molar-refractivity contribution in [1.82, 2.24) is 15.5 Å². The van der Waals surface area contributed by atoms with Gasteiger partial charge in [-0.3, -0.25) is 4.79 Å². The third-order valence-electron chi connectivity index (χ3n) is 8.29. The summed E-state index contributed by atoms with van der Waals surface area (Å²) < 4.78 is 0. The van der Waals surface area contributed by atoms with Gasteiger partial charge >= 0.3 is 30.9 Å². The maximum absolute atomic E-state index is 12.9. The molecule has 0 bridgehead atoms. The molecule has 2 aromatic carbocycles. The van der Waals surface area contributed by atoms with Crippen LogP contribution in [0.25, 0.3) is 0 Å². The molecule has 0 radical (unpaired) electrons. The Morgan fingerprint density at radius 3 is 2.13 bits per heavy atom. The van der Waals surface area contributed by atoms with Crippen molar-refractivity contribution in [3.8, 4) is 0 Å². The molecule has 1 heterocycles. The van der Waals surface area contributed by atoms with Crippen LogP contribution in [0.3, 0.4) is 0 Å². The molecule has 202 valence electrons. The topological polar surface area (TPSA) is 102 Å². The second-order valence-electron chi connectivity index (χ2n) is 10.8. The number of aliphatic hydroxyl groups is 1. The van der Waals surface area contributed by atoms with Gasteiger partial charge < -0.3 is 27.2 Å². The minimum atomic E-state index is -1.36. The number of urea groups is 1. The first kappa shape index (κ1) is 30.2. The molecular weight excluding hydrogens is 473 g/mol. The van der Waals surface area contributed by atoms with Crippen molar-refractivity contribution in [1.29, 1.82) is 0 Å². The molecule has 1 aliphatic heterocycles. The van der Waals surface area contributed by atoms with E-state index in [4.69, 9.17) is 0 Å². The number of amides is 2. The Balaban J connectivity index is 0.00000267. The number of nitrogens with one attached hydrogen (secondary N) is 2. The summed E-state index contributed by atoms with van der Waals surface area (Å²) in [6.45, 7) is 4.47. The fraction of sp³-hybridized carbons (Fsp3) is 0.533. The van der Waals surface area contributed by atoms with Crippen LogP contribution in [0.15, 0.2) is 60.7 Å². The minimum absolute atomic E-state index is 0. The molecule has 0 aromatic heterocycles. The normalized spacial score (nSPS) is 23.1. The zero-order chi connectivity index (χ0) is 26.3. The maximum Gasteiger partial charge on any atom is 1.00 e. The molecule has 1 unspecified atom stereocenters. The van der Waals surface area contributed by atoms with Crippen molar-refractivity contribution in [2.24, 2.45) is 11.8 Å². The molecule has 2 fully saturated rings. The van der Waals surface area contributed by atoms with E-state index in [0.29, 0.717) is 12.5 Å². The van der Waals surface area contributed by atoms with E-state index in [1.165, 1.54) is 0 Å². The SMILES string of the molecule is C[C@H](NC(=O)NC1CCC(CCN2CCCC(C(=O)O)C2)CC1)C(O)(c1ccccc1)c1ccccc1.[H-].[Li+]. The predicted molar refractivity (Wildman–Crippen MR) is 145 cm³/mol. The summed E-state index contributed by atoms with van der Waals surface area (Å²) in [6, 6.07) is 18.3. The summed E-state index contributed by atoms with van der Waals surface area (Å²) in [6.07, 6.45) is 6.84. The molecule has 4 rings (SSSR count). The van der Waals surface area contributed by atoms with Crippen LogP contribution in [0.2, 0.25) is 0 Å². The first-order chi connectivity index (χ1) is 17.9. The Morgan fingerprint density at radius 2 is 1.58 bits per heavy atom. The Labute approximate surface area is 240 Å². The number of carboxylic acids is 1. The molecule has 2 amide bonds. The molecule has 4 N–H and O–H groups in total. The van der Waals surface area contributed by atoms with Gasteiger partial charge in [0, 0.05) is 12.6 Å². The fourth-order valence-corrected chi connectivity index (χ4v) is 6.00. The molecule has 2 aliphatic rings. The molecule has 0 spiro atoms. The van der Waals surface area contributed by atoms with Crippen LogP contribution in [-0.4, -0.2) is 58.8 Å². The molecule has 38 heavy (non-hydrogen) atoms. The first-order valence-electron chi connectivity index (χ1n) is 13.7. The van der Waals surface area contributed by atoms with Crippen molar-refractivity contribution in [2.75, 3.05) is 19.6 Å². The maximum atomic E-state index is 12.9. The van der Waals surface area contributed by atoms with E-state index in [0.717, 1.165) is 69.2 Å². The van der Waals surface area contributed by atoms with Gasteiger partial charge in [-0.05, 0) is 82.0 Å². The van der Waals surface area contributed by atoms with Gasteiger partial charge in [0.1, 0.15) is 5.60 Å². The van der Waals surface area contributed by atoms with Crippen molar-refractivity contribution in [2.45, 2.75) is 69.6 Å². The zero-order valence-corrected chi connectivity index (χ0v) is 22.8. The van der Waals surface area contributed by atoms with E-state index in [9.17, 15) is 19.8 Å². The predicted octanol–water partition coefficient (Wildman–Crippen LogP) is 1.47. The second-order valence-corrected chi connectivity index (χ2v) is 10.8. The van der Waals surface area contributed by atoms with Gasteiger partial charge in [0.05, 0.1) is 12.0 Å². The van der Waals surface area contributed by atoms with E-state index < -0.39 is 17.6 Å². The summed E-state index contributed by atoms with van der Waals surface area (Å²) in [5.41, 5.74) is 0.113. The molecular formula is C30H42LiN3O4. The first-order valence-corrected chi connectivity index (χ1v) is 13.7. The number of nitrogens with zero attached hydrogens (tertiary/aromatic N) is 1. The van der Waals surface area contributed by atoms with Crippen LogP contribution in [0, 0.1) is 11.8 Å². The summed E-state index contributed by atoms with van der Waals surface area (Å²) in [4.78, 5) is 26.6. The van der Waals surface area contributed by atoms with Gasteiger partial charge in [-0.15, -0.1) is 0 Å². The summed E-state index contributed by atoms with van der Waals surface area (Å²) >= 11 is 0. The molecule has 2 aromatic rings. The largest absolute Gasteiger partial charge is 1.00 e. The Hall–Kier alpha value is -2.30. The van der Waals surface area contributed by atoms with Crippen LogP contribution in [0.1, 0.15) is 64.4 Å². The smallest absolute Gasteiger partial charge is 1.00 e. The average Bonchev–Trinajstić information content (AvgIpc) is 2.93. The third-order valence-corrected chi connectivity index (χ3v) is 8.29. The Bertz CT molecular complexity index is 982. The van der Waals surface area contributed by atoms with E-state index in [1.54, 1.807) is 0 Å². The zero-order valence-electron chi connectivity index (χ0n) is 23.8. The number of carbonyl (C=O) groups is 2. The van der Waals surface area contributed by atoms with Crippen molar-refractivity contribution < 1.29 is 40.1 Å². The second kappa shape index (κ2) is 14.2. The monoisotopic (exact) mass is 515 g/mol. The number of benzene rings is 2. The molecule has 1 saturated heterocycles. The Kier molecular flexibility index (Phi) is 11.3. The van der Waals surface area contributed by atoms with Crippen LogP contribution < -0.4 is 29.5 Å². The van der Waals surface area contributed by atoms with Gasteiger partial charge in [0.25, 0.3) is 0 Å². The molecule has 8 heteroatoms. The minimum Gasteiger partial charge on any atom is -1.00 e. The van der Waals surface area contributed by atoms with Gasteiger partial charge in [-0.1, -0.05) is 60.7 Å². The number of likely N-dealkylation sites (tertiary alicyclic amines) is 1. The molecule has 1 saturated carbocycles. The van der Waals surface area contributed by atoms with Crippen molar-refractivity contribution in [3.63, 3.8) is 0 Å². The molecule has 1 aliphatic carbocycles. The van der Waals surface area contributed by atoms with Crippen LogP contribution in [-0.2, 0) is 10.4 Å². The number of hydrogen-bond acceptors (Lipinski definition) is 4. The Morgan fingerprint density at radius 1 is 1.00 bits per heavy atom. The van der Waals surface area contributed by atoms with E-state index in [2.05, 4.69) is 15.5 Å². The number of rotatable bonds is 9. The molecule has 2 atom stereocenters. The number of carboxylic acid groups (broad SMARTS) is 1. The van der Waals surface area contributed by atoms with Crippen LogP contribution in [0.5, 0.6) is 0 Å². The number of hydrogen-bond donors (Lipinski definition) is 4. The van der Waals surface area contributed by atoms with Crippen LogP contribution >= 0.6 is 0 Å². The quantitative estimate of drug-likeness (QED) is 0.379. The van der Waals surface area contributed by atoms with Crippen molar-refractivity contribution >= 4 is 12.0 Å². The number of carbonyl (C=O) groups excluding carboxylic acids is 1. The summed E-state index contributed by atoms with van der Waals surface area (Å²) in [5, 5.41) is 27.3. The van der Waals surface area contributed by atoms with E-state index in [-0.39, 0.29) is 38.3 Å². The average molecular weight is 516 g/mol. The van der Waals surface area contributed by atoms with E-state index >= 15 is 0 Å². The van der Waals surface area contributed by atoms with Gasteiger partial charge in [0.15, 0.2) is 0 Å². The number of aliphatic carboxylic acids is 1.